The first-order valence-corrected chi connectivity index (χ1v) is 7.05. The summed E-state index contributed by atoms with van der Waals surface area (Å²) in [5.74, 6) is 0.880. The molecule has 0 aliphatic heterocycles. The molecule has 0 saturated heterocycles. The van der Waals surface area contributed by atoms with Crippen molar-refractivity contribution in [3.63, 3.8) is 0 Å². The van der Waals surface area contributed by atoms with Gasteiger partial charge in [0.05, 0.1) is 19.9 Å². The number of fused-ring (bicyclic) bond motifs is 1. The van der Waals surface area contributed by atoms with Gasteiger partial charge in [-0.2, -0.15) is 0 Å². The monoisotopic (exact) mass is 339 g/mol. The molecule has 0 radical (unpaired) electrons. The van der Waals surface area contributed by atoms with E-state index in [0.29, 0.717) is 40.0 Å². The van der Waals surface area contributed by atoms with E-state index in [1.54, 1.807) is 25.6 Å². The van der Waals surface area contributed by atoms with E-state index < -0.39 is 0 Å². The van der Waals surface area contributed by atoms with Gasteiger partial charge in [-0.1, -0.05) is 15.9 Å². The smallest absolute Gasteiger partial charge is 0.225 e. The quantitative estimate of drug-likeness (QED) is 0.846. The van der Waals surface area contributed by atoms with Crippen LogP contribution in [0.5, 0.6) is 11.5 Å². The SMILES string of the molecule is COc1cc(NC(=O)CCBr)c(OC)c2nccnc12. The molecule has 1 heterocycles. The summed E-state index contributed by atoms with van der Waals surface area (Å²) in [7, 11) is 3.07. The maximum absolute atomic E-state index is 11.7. The first-order chi connectivity index (χ1) is 9.71. The van der Waals surface area contributed by atoms with Crippen LogP contribution in [-0.4, -0.2) is 35.4 Å². The van der Waals surface area contributed by atoms with Crippen molar-refractivity contribution in [3.05, 3.63) is 18.5 Å². The van der Waals surface area contributed by atoms with Gasteiger partial charge >= 0.3 is 0 Å². The van der Waals surface area contributed by atoms with E-state index in [1.807, 2.05) is 0 Å². The molecule has 1 N–H and O–H groups in total. The Morgan fingerprint density at radius 3 is 2.55 bits per heavy atom. The number of alkyl halides is 1. The minimum absolute atomic E-state index is 0.120. The lowest BCUT2D eigenvalue weighted by Gasteiger charge is -2.14. The second-order valence-corrected chi connectivity index (χ2v) is 4.69. The number of anilines is 1. The Bertz CT molecular complexity index is 634. The number of ether oxygens (including phenoxy) is 2. The molecule has 0 saturated carbocycles. The molecular formula is C13H14BrN3O3. The van der Waals surface area contributed by atoms with Crippen molar-refractivity contribution >= 4 is 38.6 Å². The number of carbonyl (C=O) groups is 1. The van der Waals surface area contributed by atoms with Gasteiger partial charge in [0.25, 0.3) is 0 Å². The van der Waals surface area contributed by atoms with E-state index in [-0.39, 0.29) is 5.91 Å². The molecule has 2 aromatic rings. The Kier molecular flexibility index (Phi) is 4.73. The fourth-order valence-electron chi connectivity index (χ4n) is 1.83. The number of benzene rings is 1. The van der Waals surface area contributed by atoms with Crippen LogP contribution in [0.4, 0.5) is 5.69 Å². The number of aromatic nitrogens is 2. The zero-order valence-corrected chi connectivity index (χ0v) is 12.7. The molecule has 2 rings (SSSR count). The Balaban J connectivity index is 2.56. The second-order valence-electron chi connectivity index (χ2n) is 3.90. The van der Waals surface area contributed by atoms with Crippen LogP contribution >= 0.6 is 15.9 Å². The normalized spacial score (nSPS) is 10.3. The van der Waals surface area contributed by atoms with Crippen LogP contribution in [0, 0.1) is 0 Å². The molecule has 0 spiro atoms. The number of rotatable bonds is 5. The third-order valence-electron chi connectivity index (χ3n) is 2.69. The fourth-order valence-corrected chi connectivity index (χ4v) is 2.19. The van der Waals surface area contributed by atoms with E-state index in [0.717, 1.165) is 0 Å². The Labute approximate surface area is 124 Å². The standard InChI is InChI=1S/C13H14BrN3O3/c1-19-9-7-8(17-10(18)3-4-14)13(20-2)12-11(9)15-5-6-16-12/h5-7H,3-4H2,1-2H3,(H,17,18). The lowest BCUT2D eigenvalue weighted by Crippen LogP contribution is -2.13. The average molecular weight is 340 g/mol. The summed E-state index contributed by atoms with van der Waals surface area (Å²) in [4.78, 5) is 20.2. The van der Waals surface area contributed by atoms with Gasteiger partial charge < -0.3 is 14.8 Å². The summed E-state index contributed by atoms with van der Waals surface area (Å²) in [6.45, 7) is 0. The van der Waals surface area contributed by atoms with E-state index in [9.17, 15) is 4.79 Å². The van der Waals surface area contributed by atoms with Crippen LogP contribution < -0.4 is 14.8 Å². The predicted molar refractivity (Wildman–Crippen MR) is 79.7 cm³/mol. The molecule has 20 heavy (non-hydrogen) atoms. The van der Waals surface area contributed by atoms with Gasteiger partial charge in [0.2, 0.25) is 5.91 Å². The highest BCUT2D eigenvalue weighted by Gasteiger charge is 2.16. The second kappa shape index (κ2) is 6.51. The molecule has 0 fully saturated rings. The Morgan fingerprint density at radius 2 is 1.95 bits per heavy atom. The number of halogens is 1. The molecule has 0 bridgehead atoms. The Morgan fingerprint density at radius 1 is 1.25 bits per heavy atom. The molecule has 6 nitrogen and oxygen atoms in total. The molecular weight excluding hydrogens is 326 g/mol. The number of nitrogens with one attached hydrogen (secondary N) is 1. The highest BCUT2D eigenvalue weighted by molar-refractivity contribution is 9.09. The van der Waals surface area contributed by atoms with Gasteiger partial charge in [0, 0.05) is 30.2 Å². The van der Waals surface area contributed by atoms with Crippen molar-refractivity contribution < 1.29 is 14.3 Å². The van der Waals surface area contributed by atoms with Crippen LogP contribution in [0.2, 0.25) is 0 Å². The third kappa shape index (κ3) is 2.82. The van der Waals surface area contributed by atoms with E-state index >= 15 is 0 Å². The molecule has 0 aliphatic rings. The zero-order chi connectivity index (χ0) is 14.5. The number of methoxy groups -OCH3 is 2. The molecule has 0 unspecified atom stereocenters. The van der Waals surface area contributed by atoms with Crippen LogP contribution in [0.1, 0.15) is 6.42 Å². The van der Waals surface area contributed by atoms with Crippen LogP contribution in [0.3, 0.4) is 0 Å². The topological polar surface area (TPSA) is 73.3 Å². The minimum atomic E-state index is -0.120. The minimum Gasteiger partial charge on any atom is -0.494 e. The van der Waals surface area contributed by atoms with Gasteiger partial charge in [-0.25, -0.2) is 9.97 Å². The third-order valence-corrected chi connectivity index (χ3v) is 3.08. The molecule has 1 aromatic heterocycles. The summed E-state index contributed by atoms with van der Waals surface area (Å²) >= 11 is 3.23. The fraction of sp³-hybridized carbons (Fsp3) is 0.308. The van der Waals surface area contributed by atoms with Crippen LogP contribution in [0.15, 0.2) is 18.5 Å². The lowest BCUT2D eigenvalue weighted by molar-refractivity contribution is -0.115. The van der Waals surface area contributed by atoms with Crippen molar-refractivity contribution in [1.29, 1.82) is 0 Å². The summed E-state index contributed by atoms with van der Waals surface area (Å²) < 4.78 is 10.6. The van der Waals surface area contributed by atoms with Crippen LogP contribution in [-0.2, 0) is 4.79 Å². The van der Waals surface area contributed by atoms with Gasteiger partial charge in [0.1, 0.15) is 16.8 Å². The molecule has 1 amide bonds. The van der Waals surface area contributed by atoms with Crippen molar-refractivity contribution in [3.8, 4) is 11.5 Å². The highest BCUT2D eigenvalue weighted by atomic mass is 79.9. The molecule has 0 atom stereocenters. The largest absolute Gasteiger partial charge is 0.494 e. The van der Waals surface area contributed by atoms with Crippen molar-refractivity contribution in [2.75, 3.05) is 24.9 Å². The first-order valence-electron chi connectivity index (χ1n) is 5.92. The molecule has 0 aliphatic carbocycles. The van der Waals surface area contributed by atoms with Crippen molar-refractivity contribution in [2.24, 2.45) is 0 Å². The predicted octanol–water partition coefficient (Wildman–Crippen LogP) is 2.37. The maximum atomic E-state index is 11.7. The molecule has 1 aromatic carbocycles. The van der Waals surface area contributed by atoms with Gasteiger partial charge in [-0.05, 0) is 0 Å². The van der Waals surface area contributed by atoms with Crippen LogP contribution in [0.25, 0.3) is 11.0 Å². The zero-order valence-electron chi connectivity index (χ0n) is 11.1. The van der Waals surface area contributed by atoms with Gasteiger partial charge in [-0.3, -0.25) is 4.79 Å². The average Bonchev–Trinajstić information content (AvgIpc) is 2.46. The Hall–Kier alpha value is -1.89. The summed E-state index contributed by atoms with van der Waals surface area (Å²) in [5.41, 5.74) is 1.65. The van der Waals surface area contributed by atoms with E-state index in [4.69, 9.17) is 9.47 Å². The summed E-state index contributed by atoms with van der Waals surface area (Å²) in [5, 5.41) is 3.38. The van der Waals surface area contributed by atoms with E-state index in [2.05, 4.69) is 31.2 Å². The van der Waals surface area contributed by atoms with E-state index in [1.165, 1.54) is 7.11 Å². The molecule has 106 valence electrons. The lowest BCUT2D eigenvalue weighted by atomic mass is 10.2. The van der Waals surface area contributed by atoms with Crippen molar-refractivity contribution in [1.82, 2.24) is 9.97 Å². The summed E-state index contributed by atoms with van der Waals surface area (Å²) in [6, 6.07) is 1.68. The van der Waals surface area contributed by atoms with Crippen molar-refractivity contribution in [2.45, 2.75) is 6.42 Å². The summed E-state index contributed by atoms with van der Waals surface area (Å²) in [6.07, 6.45) is 3.51. The van der Waals surface area contributed by atoms with Gasteiger partial charge in [-0.15, -0.1) is 0 Å². The van der Waals surface area contributed by atoms with Gasteiger partial charge in [0.15, 0.2) is 5.75 Å². The maximum Gasteiger partial charge on any atom is 0.225 e. The molecule has 7 heteroatoms. The number of amides is 1. The highest BCUT2D eigenvalue weighted by Crippen LogP contribution is 2.37. The first kappa shape index (κ1) is 14.5. The number of hydrogen-bond donors (Lipinski definition) is 1. The number of hydrogen-bond acceptors (Lipinski definition) is 5. The number of carbonyl (C=O) groups excluding carboxylic acids is 1. The number of nitrogens with zero attached hydrogens (tertiary/aromatic N) is 2.